The second-order valence-electron chi connectivity index (χ2n) is 11.1. The molecule has 0 unspecified atom stereocenters. The Morgan fingerprint density at radius 2 is 1.83 bits per heavy atom. The lowest BCUT2D eigenvalue weighted by molar-refractivity contribution is -0.120. The van der Waals surface area contributed by atoms with Crippen LogP contribution in [0.5, 0.6) is 0 Å². The van der Waals surface area contributed by atoms with Gasteiger partial charge in [0, 0.05) is 41.1 Å². The van der Waals surface area contributed by atoms with Crippen molar-refractivity contribution >= 4 is 23.4 Å². The normalized spacial score (nSPS) is 15.1. The average Bonchev–Trinajstić information content (AvgIpc) is 3.92. The molecule has 2 aliphatic carbocycles. The maximum atomic E-state index is 13.7. The number of anilines is 1. The Kier molecular flexibility index (Phi) is 8.87. The predicted octanol–water partition coefficient (Wildman–Crippen LogP) is 3.88. The SMILES string of the molecule is Cc1n[nH]c(C)c1-c1ccc(NC(=O)[C@@H](NC(=O)c2ccnn2CCCNC(=O)CN=[N+]=[N-])C(C2CC2)C2CC2)cc1. The summed E-state index contributed by atoms with van der Waals surface area (Å²) in [5.74, 6) is 0.0143. The molecule has 0 saturated heterocycles. The molecule has 0 spiro atoms. The van der Waals surface area contributed by atoms with E-state index in [2.05, 4.69) is 41.3 Å². The van der Waals surface area contributed by atoms with E-state index in [0.717, 1.165) is 48.2 Å². The van der Waals surface area contributed by atoms with Crippen molar-refractivity contribution in [3.05, 3.63) is 64.1 Å². The summed E-state index contributed by atoms with van der Waals surface area (Å²) >= 11 is 0. The molecule has 13 heteroatoms. The molecule has 2 aromatic heterocycles. The number of carbonyl (C=O) groups is 3. The lowest BCUT2D eigenvalue weighted by Gasteiger charge is -2.27. The molecule has 3 aromatic rings. The first-order chi connectivity index (χ1) is 20.4. The average molecular weight is 573 g/mol. The lowest BCUT2D eigenvalue weighted by atomic mass is 9.88. The van der Waals surface area contributed by atoms with E-state index in [9.17, 15) is 14.4 Å². The fourth-order valence-corrected chi connectivity index (χ4v) is 5.67. The van der Waals surface area contributed by atoms with Gasteiger partial charge in [-0.1, -0.05) is 17.2 Å². The van der Waals surface area contributed by atoms with Crippen LogP contribution in [0.4, 0.5) is 5.69 Å². The van der Waals surface area contributed by atoms with Crippen molar-refractivity contribution in [3.8, 4) is 11.1 Å². The number of azide groups is 1. The first kappa shape index (κ1) is 28.9. The van der Waals surface area contributed by atoms with E-state index < -0.39 is 6.04 Å². The molecule has 2 heterocycles. The van der Waals surface area contributed by atoms with E-state index in [1.807, 2.05) is 38.1 Å². The van der Waals surface area contributed by atoms with Crippen LogP contribution in [-0.2, 0) is 16.1 Å². The third-order valence-electron chi connectivity index (χ3n) is 7.95. The van der Waals surface area contributed by atoms with Gasteiger partial charge in [0.05, 0.1) is 5.69 Å². The zero-order valence-electron chi connectivity index (χ0n) is 23.8. The third-order valence-corrected chi connectivity index (χ3v) is 7.95. The molecule has 1 atom stereocenters. The Morgan fingerprint density at radius 1 is 1.12 bits per heavy atom. The molecule has 0 bridgehead atoms. The molecule has 13 nitrogen and oxygen atoms in total. The minimum absolute atomic E-state index is 0.0899. The van der Waals surface area contributed by atoms with E-state index in [0.29, 0.717) is 42.7 Å². The molecule has 5 rings (SSSR count). The van der Waals surface area contributed by atoms with Gasteiger partial charge in [-0.25, -0.2) is 0 Å². The van der Waals surface area contributed by atoms with Crippen molar-refractivity contribution in [1.29, 1.82) is 0 Å². The quantitative estimate of drug-likeness (QED) is 0.0987. The van der Waals surface area contributed by atoms with Gasteiger partial charge in [0.15, 0.2) is 0 Å². The molecule has 2 fully saturated rings. The van der Waals surface area contributed by atoms with E-state index in [4.69, 9.17) is 5.53 Å². The zero-order chi connectivity index (χ0) is 29.6. The maximum absolute atomic E-state index is 13.7. The van der Waals surface area contributed by atoms with Gasteiger partial charge in [-0.15, -0.1) is 0 Å². The number of aryl methyl sites for hydroxylation is 3. The van der Waals surface area contributed by atoms with Crippen molar-refractivity contribution in [2.75, 3.05) is 18.4 Å². The summed E-state index contributed by atoms with van der Waals surface area (Å²) < 4.78 is 1.58. The summed E-state index contributed by atoms with van der Waals surface area (Å²) in [7, 11) is 0. The van der Waals surface area contributed by atoms with Crippen LogP contribution in [0.15, 0.2) is 41.6 Å². The molecule has 0 aliphatic heterocycles. The van der Waals surface area contributed by atoms with Gasteiger partial charge in [0.25, 0.3) is 5.91 Å². The van der Waals surface area contributed by atoms with Gasteiger partial charge in [-0.05, 0) is 93.0 Å². The predicted molar refractivity (Wildman–Crippen MR) is 156 cm³/mol. The van der Waals surface area contributed by atoms with Gasteiger partial charge in [-0.2, -0.15) is 10.2 Å². The van der Waals surface area contributed by atoms with Gasteiger partial charge in [0.2, 0.25) is 11.8 Å². The van der Waals surface area contributed by atoms with Crippen molar-refractivity contribution in [2.24, 2.45) is 22.9 Å². The van der Waals surface area contributed by atoms with Gasteiger partial charge in [0.1, 0.15) is 18.3 Å². The number of nitrogens with zero attached hydrogens (tertiary/aromatic N) is 6. The standard InChI is InChI=1S/C29H36N10O3/c1-17-25(18(2)37-36-17)19-8-10-22(11-9-19)34-29(42)27(26(20-4-5-20)21-6-7-21)35-28(41)23-12-14-33-39(23)15-3-13-31-24(40)16-32-38-30/h8-12,14,20-21,26-27H,3-7,13,15-16H2,1-2H3,(H,31,40)(H,34,42)(H,35,41)(H,36,37)/t27-/m0/s1. The first-order valence-corrected chi connectivity index (χ1v) is 14.4. The van der Waals surface area contributed by atoms with Crippen molar-refractivity contribution in [2.45, 2.75) is 58.5 Å². The maximum Gasteiger partial charge on any atom is 0.270 e. The van der Waals surface area contributed by atoms with Crippen LogP contribution in [0, 0.1) is 31.6 Å². The summed E-state index contributed by atoms with van der Waals surface area (Å²) in [4.78, 5) is 41.5. The monoisotopic (exact) mass is 572 g/mol. The summed E-state index contributed by atoms with van der Waals surface area (Å²) in [6, 6.07) is 8.64. The second-order valence-corrected chi connectivity index (χ2v) is 11.1. The van der Waals surface area contributed by atoms with E-state index in [1.54, 1.807) is 16.9 Å². The Balaban J connectivity index is 1.25. The third kappa shape index (κ3) is 6.98. The summed E-state index contributed by atoms with van der Waals surface area (Å²) in [5.41, 5.74) is 13.3. The highest BCUT2D eigenvalue weighted by atomic mass is 16.2. The number of carbonyl (C=O) groups excluding carboxylic acids is 3. The number of hydrogen-bond acceptors (Lipinski definition) is 6. The number of aromatic nitrogens is 4. The van der Waals surface area contributed by atoms with Crippen molar-refractivity contribution in [1.82, 2.24) is 30.6 Å². The van der Waals surface area contributed by atoms with Gasteiger partial charge >= 0.3 is 0 Å². The van der Waals surface area contributed by atoms with Crippen LogP contribution in [0.3, 0.4) is 0 Å². The molecular weight excluding hydrogens is 536 g/mol. The van der Waals surface area contributed by atoms with E-state index in [1.165, 1.54) is 0 Å². The molecule has 4 N–H and O–H groups in total. The van der Waals surface area contributed by atoms with Crippen LogP contribution in [0.2, 0.25) is 0 Å². The van der Waals surface area contributed by atoms with Crippen LogP contribution in [0.1, 0.15) is 54.0 Å². The number of nitrogens with one attached hydrogen (secondary N) is 4. The van der Waals surface area contributed by atoms with Gasteiger partial charge in [-0.3, -0.25) is 24.2 Å². The molecule has 1 aromatic carbocycles. The molecule has 0 radical (unpaired) electrons. The van der Waals surface area contributed by atoms with Crippen molar-refractivity contribution in [3.63, 3.8) is 0 Å². The number of benzene rings is 1. The second kappa shape index (κ2) is 12.9. The molecule has 42 heavy (non-hydrogen) atoms. The summed E-state index contributed by atoms with van der Waals surface area (Å²) in [6.45, 7) is 4.41. The Hall–Kier alpha value is -4.64. The molecule has 2 aliphatic rings. The van der Waals surface area contributed by atoms with E-state index >= 15 is 0 Å². The zero-order valence-corrected chi connectivity index (χ0v) is 23.8. The minimum Gasteiger partial charge on any atom is -0.356 e. The number of aromatic amines is 1. The Bertz CT molecular complexity index is 1450. The highest BCUT2D eigenvalue weighted by Gasteiger charge is 2.48. The lowest BCUT2D eigenvalue weighted by Crippen LogP contribution is -2.50. The van der Waals surface area contributed by atoms with E-state index in [-0.39, 0.29) is 30.2 Å². The smallest absolute Gasteiger partial charge is 0.270 e. The fourth-order valence-electron chi connectivity index (χ4n) is 5.67. The molecule has 3 amide bonds. The number of hydrogen-bond donors (Lipinski definition) is 4. The summed E-state index contributed by atoms with van der Waals surface area (Å²) in [5, 5.41) is 23.6. The highest BCUT2D eigenvalue weighted by molar-refractivity contribution is 6.01. The van der Waals surface area contributed by atoms with Crippen molar-refractivity contribution < 1.29 is 14.4 Å². The summed E-state index contributed by atoms with van der Waals surface area (Å²) in [6.07, 6.45) is 6.36. The van der Waals surface area contributed by atoms with Crippen LogP contribution >= 0.6 is 0 Å². The molecule has 220 valence electrons. The molecule has 2 saturated carbocycles. The van der Waals surface area contributed by atoms with Crippen LogP contribution in [-0.4, -0.2) is 56.8 Å². The topological polar surface area (TPSA) is 183 Å². The number of amides is 3. The number of rotatable bonds is 14. The number of H-pyrrole nitrogens is 1. The van der Waals surface area contributed by atoms with Crippen LogP contribution < -0.4 is 16.0 Å². The minimum atomic E-state index is -0.668. The molecular formula is C29H36N10O3. The fraction of sp³-hybridized carbons (Fsp3) is 0.483. The first-order valence-electron chi connectivity index (χ1n) is 14.4. The van der Waals surface area contributed by atoms with Crippen LogP contribution in [0.25, 0.3) is 21.6 Å². The highest BCUT2D eigenvalue weighted by Crippen LogP contribution is 2.51. The largest absolute Gasteiger partial charge is 0.356 e. The Morgan fingerprint density at radius 3 is 2.45 bits per heavy atom. The Labute approximate surface area is 243 Å². The van der Waals surface area contributed by atoms with Gasteiger partial charge < -0.3 is 16.0 Å².